The lowest BCUT2D eigenvalue weighted by Gasteiger charge is -2.18. The van der Waals surface area contributed by atoms with E-state index in [9.17, 15) is 14.9 Å². The molecule has 0 saturated carbocycles. The van der Waals surface area contributed by atoms with E-state index in [0.29, 0.717) is 39.9 Å². The summed E-state index contributed by atoms with van der Waals surface area (Å²) >= 11 is 7.45. The molecule has 9 nitrogen and oxygen atoms in total. The van der Waals surface area contributed by atoms with Crippen LogP contribution < -0.4 is 10.1 Å². The molecule has 0 radical (unpaired) electrons. The van der Waals surface area contributed by atoms with Crippen molar-refractivity contribution in [1.29, 1.82) is 0 Å². The van der Waals surface area contributed by atoms with E-state index in [2.05, 4.69) is 29.4 Å². The molecule has 3 rings (SSSR count). The number of aromatic nitrogens is 3. The van der Waals surface area contributed by atoms with E-state index in [1.54, 1.807) is 18.2 Å². The lowest BCUT2D eigenvalue weighted by atomic mass is 10.2. The second-order valence-corrected chi connectivity index (χ2v) is 9.03. The van der Waals surface area contributed by atoms with Crippen LogP contribution in [0.5, 0.6) is 5.75 Å². The van der Waals surface area contributed by atoms with Crippen molar-refractivity contribution in [3.8, 4) is 5.75 Å². The van der Waals surface area contributed by atoms with Gasteiger partial charge in [-0.25, -0.2) is 0 Å². The SMILES string of the molecule is CC(C)Cn1c(SCC(=O)Nc2cccc([N+](=O)[O-])c2)nnc1C(C)Oc1ccccc1Cl. The van der Waals surface area contributed by atoms with Crippen molar-refractivity contribution in [3.63, 3.8) is 0 Å². The summed E-state index contributed by atoms with van der Waals surface area (Å²) < 4.78 is 7.94. The molecule has 0 spiro atoms. The highest BCUT2D eigenvalue weighted by Gasteiger charge is 2.21. The molecule has 1 heterocycles. The number of nitrogens with one attached hydrogen (secondary N) is 1. The van der Waals surface area contributed by atoms with Gasteiger partial charge in [-0.1, -0.05) is 55.4 Å². The van der Waals surface area contributed by atoms with Gasteiger partial charge in [0.2, 0.25) is 5.91 Å². The molecule has 11 heteroatoms. The zero-order chi connectivity index (χ0) is 24.0. The smallest absolute Gasteiger partial charge is 0.271 e. The van der Waals surface area contributed by atoms with Crippen LogP contribution in [0.4, 0.5) is 11.4 Å². The molecule has 1 N–H and O–H groups in total. The van der Waals surface area contributed by atoms with E-state index < -0.39 is 11.0 Å². The van der Waals surface area contributed by atoms with Gasteiger partial charge in [-0.2, -0.15) is 0 Å². The van der Waals surface area contributed by atoms with Crippen LogP contribution in [0, 0.1) is 16.0 Å². The second-order valence-electron chi connectivity index (χ2n) is 7.68. The molecular formula is C22H24ClN5O4S. The number of carbonyl (C=O) groups is 1. The highest BCUT2D eigenvalue weighted by atomic mass is 35.5. The number of anilines is 1. The molecule has 0 bridgehead atoms. The van der Waals surface area contributed by atoms with Crippen LogP contribution in [0.15, 0.2) is 53.7 Å². The van der Waals surface area contributed by atoms with Gasteiger partial charge in [-0.05, 0) is 31.0 Å². The summed E-state index contributed by atoms with van der Waals surface area (Å²) in [4.78, 5) is 22.8. The fraction of sp³-hybridized carbons (Fsp3) is 0.318. The number of amides is 1. The maximum Gasteiger partial charge on any atom is 0.271 e. The molecule has 0 fully saturated rings. The van der Waals surface area contributed by atoms with Gasteiger partial charge in [0.05, 0.1) is 15.7 Å². The first kappa shape index (κ1) is 24.5. The number of benzene rings is 2. The number of nitro groups is 1. The highest BCUT2D eigenvalue weighted by molar-refractivity contribution is 7.99. The number of nitro benzene ring substituents is 1. The van der Waals surface area contributed by atoms with Crippen molar-refractivity contribution in [3.05, 3.63) is 69.5 Å². The van der Waals surface area contributed by atoms with E-state index in [0.717, 1.165) is 0 Å². The quantitative estimate of drug-likeness (QED) is 0.231. The van der Waals surface area contributed by atoms with Gasteiger partial charge < -0.3 is 14.6 Å². The molecule has 0 aliphatic carbocycles. The topological polar surface area (TPSA) is 112 Å². The molecule has 1 unspecified atom stereocenters. The molecular weight excluding hydrogens is 466 g/mol. The maximum atomic E-state index is 12.4. The maximum absolute atomic E-state index is 12.4. The van der Waals surface area contributed by atoms with Crippen molar-refractivity contribution < 1.29 is 14.5 Å². The molecule has 0 saturated heterocycles. The molecule has 2 aromatic carbocycles. The molecule has 1 amide bonds. The third-order valence-corrected chi connectivity index (χ3v) is 5.75. The Morgan fingerprint density at radius 2 is 1.97 bits per heavy atom. The number of para-hydroxylation sites is 1. The lowest BCUT2D eigenvalue weighted by molar-refractivity contribution is -0.384. The van der Waals surface area contributed by atoms with E-state index >= 15 is 0 Å². The number of hydrogen-bond acceptors (Lipinski definition) is 7. The van der Waals surface area contributed by atoms with Gasteiger partial charge in [-0.15, -0.1) is 10.2 Å². The number of rotatable bonds is 10. The van der Waals surface area contributed by atoms with Crippen LogP contribution >= 0.6 is 23.4 Å². The average molecular weight is 490 g/mol. The van der Waals surface area contributed by atoms with Crippen LogP contribution in [-0.4, -0.2) is 31.3 Å². The number of hydrogen-bond donors (Lipinski definition) is 1. The minimum Gasteiger partial charge on any atom is -0.481 e. The van der Waals surface area contributed by atoms with E-state index in [1.165, 1.54) is 30.0 Å². The minimum atomic E-state index is -0.508. The number of nitrogens with zero attached hydrogens (tertiary/aromatic N) is 4. The van der Waals surface area contributed by atoms with Gasteiger partial charge >= 0.3 is 0 Å². The first-order chi connectivity index (χ1) is 15.7. The zero-order valence-electron chi connectivity index (χ0n) is 18.4. The van der Waals surface area contributed by atoms with Gasteiger partial charge in [0, 0.05) is 24.4 Å². The van der Waals surface area contributed by atoms with Gasteiger partial charge in [0.15, 0.2) is 17.1 Å². The van der Waals surface area contributed by atoms with Crippen molar-refractivity contribution >= 4 is 40.6 Å². The number of carbonyl (C=O) groups excluding carboxylic acids is 1. The monoisotopic (exact) mass is 489 g/mol. The summed E-state index contributed by atoms with van der Waals surface area (Å²) in [5, 5.41) is 23.3. The summed E-state index contributed by atoms with van der Waals surface area (Å²) in [6.07, 6.45) is -0.413. The van der Waals surface area contributed by atoms with E-state index in [4.69, 9.17) is 16.3 Å². The highest BCUT2D eigenvalue weighted by Crippen LogP contribution is 2.30. The first-order valence-corrected chi connectivity index (χ1v) is 11.6. The second kappa shape index (κ2) is 11.2. The summed E-state index contributed by atoms with van der Waals surface area (Å²) in [6, 6.07) is 13.0. The molecule has 0 aliphatic heterocycles. The average Bonchev–Trinajstić information content (AvgIpc) is 3.16. The van der Waals surface area contributed by atoms with Gasteiger partial charge in [0.25, 0.3) is 5.69 Å². The Bertz CT molecular complexity index is 1140. The molecule has 1 aromatic heterocycles. The van der Waals surface area contributed by atoms with Crippen LogP contribution in [0.2, 0.25) is 5.02 Å². The number of thioether (sulfide) groups is 1. The molecule has 33 heavy (non-hydrogen) atoms. The normalized spacial score (nSPS) is 11.9. The molecule has 1 atom stereocenters. The fourth-order valence-electron chi connectivity index (χ4n) is 3.05. The lowest BCUT2D eigenvalue weighted by Crippen LogP contribution is -2.17. The number of non-ortho nitro benzene ring substituents is 1. The van der Waals surface area contributed by atoms with Crippen molar-refractivity contribution in [1.82, 2.24) is 14.8 Å². The Balaban J connectivity index is 1.70. The van der Waals surface area contributed by atoms with Crippen molar-refractivity contribution in [2.24, 2.45) is 5.92 Å². The number of halogens is 1. The summed E-state index contributed by atoms with van der Waals surface area (Å²) in [5.74, 6) is 1.26. The Hall–Kier alpha value is -3.11. The largest absolute Gasteiger partial charge is 0.481 e. The fourth-order valence-corrected chi connectivity index (χ4v) is 3.99. The minimum absolute atomic E-state index is 0.0681. The molecule has 174 valence electrons. The third-order valence-electron chi connectivity index (χ3n) is 4.47. The van der Waals surface area contributed by atoms with Gasteiger partial charge in [0.1, 0.15) is 5.75 Å². The standard InChI is InChI=1S/C22H24ClN5O4S/c1-14(2)12-27-21(15(3)32-19-10-5-4-9-18(19)23)25-26-22(27)33-13-20(29)24-16-7-6-8-17(11-16)28(30)31/h4-11,14-15H,12-13H2,1-3H3,(H,24,29). The van der Waals surface area contributed by atoms with Crippen LogP contribution in [-0.2, 0) is 11.3 Å². The Labute approximate surface area is 200 Å². The Kier molecular flexibility index (Phi) is 8.29. The van der Waals surface area contributed by atoms with Gasteiger partial charge in [-0.3, -0.25) is 14.9 Å². The number of ether oxygens (including phenoxy) is 1. The summed E-state index contributed by atoms with van der Waals surface area (Å²) in [6.45, 7) is 6.67. The van der Waals surface area contributed by atoms with Crippen molar-refractivity contribution in [2.45, 2.75) is 38.6 Å². The van der Waals surface area contributed by atoms with Crippen LogP contribution in [0.3, 0.4) is 0 Å². The summed E-state index contributed by atoms with van der Waals surface area (Å²) in [5.41, 5.74) is 0.273. The third kappa shape index (κ3) is 6.69. The van der Waals surface area contributed by atoms with Crippen molar-refractivity contribution in [2.75, 3.05) is 11.1 Å². The predicted molar refractivity (Wildman–Crippen MR) is 128 cm³/mol. The van der Waals surface area contributed by atoms with Crippen LogP contribution in [0.1, 0.15) is 32.7 Å². The van der Waals surface area contributed by atoms with Crippen LogP contribution in [0.25, 0.3) is 0 Å². The predicted octanol–water partition coefficient (Wildman–Crippen LogP) is 5.37. The summed E-state index contributed by atoms with van der Waals surface area (Å²) in [7, 11) is 0. The molecule has 3 aromatic rings. The Morgan fingerprint density at radius 3 is 2.67 bits per heavy atom. The first-order valence-electron chi connectivity index (χ1n) is 10.3. The van der Waals surface area contributed by atoms with E-state index in [-0.39, 0.29) is 17.3 Å². The Morgan fingerprint density at radius 1 is 1.21 bits per heavy atom. The van der Waals surface area contributed by atoms with E-state index in [1.807, 2.05) is 23.6 Å². The molecule has 0 aliphatic rings. The zero-order valence-corrected chi connectivity index (χ0v) is 20.0.